The maximum absolute atomic E-state index is 12.1. The number of fused-ring (bicyclic) bond motifs is 1. The molecule has 22 heavy (non-hydrogen) atoms. The summed E-state index contributed by atoms with van der Waals surface area (Å²) < 4.78 is 5.75. The average molecular weight is 295 g/mol. The van der Waals surface area contributed by atoms with Gasteiger partial charge >= 0.3 is 0 Å². The first-order valence-electron chi connectivity index (χ1n) is 7.15. The van der Waals surface area contributed by atoms with Crippen LogP contribution in [0.4, 0.5) is 11.6 Å². The van der Waals surface area contributed by atoms with E-state index in [1.54, 1.807) is 6.07 Å². The molecule has 5 heteroatoms. The Balaban J connectivity index is 1.99. The summed E-state index contributed by atoms with van der Waals surface area (Å²) in [7, 11) is 0. The van der Waals surface area contributed by atoms with Crippen molar-refractivity contribution in [3.8, 4) is 5.75 Å². The lowest BCUT2D eigenvalue weighted by Gasteiger charge is -2.15. The van der Waals surface area contributed by atoms with Crippen LogP contribution in [0, 0.1) is 0 Å². The van der Waals surface area contributed by atoms with E-state index in [9.17, 15) is 4.79 Å². The molecule has 1 aromatic heterocycles. The third-order valence-corrected chi connectivity index (χ3v) is 3.12. The second-order valence-corrected chi connectivity index (χ2v) is 5.22. The third kappa shape index (κ3) is 2.93. The zero-order valence-electron chi connectivity index (χ0n) is 12.5. The van der Waals surface area contributed by atoms with Gasteiger partial charge < -0.3 is 10.1 Å². The van der Waals surface area contributed by atoms with Crippen molar-refractivity contribution in [1.82, 2.24) is 9.97 Å². The average Bonchev–Trinajstić information content (AvgIpc) is 2.49. The fourth-order valence-corrected chi connectivity index (χ4v) is 2.20. The van der Waals surface area contributed by atoms with Crippen molar-refractivity contribution in [3.05, 3.63) is 58.9 Å². The minimum absolute atomic E-state index is 0.0616. The number of ether oxygens (including phenoxy) is 1. The fourth-order valence-electron chi connectivity index (χ4n) is 2.20. The zero-order valence-corrected chi connectivity index (χ0v) is 12.5. The van der Waals surface area contributed by atoms with E-state index in [2.05, 4.69) is 15.3 Å². The van der Waals surface area contributed by atoms with Gasteiger partial charge in [0.25, 0.3) is 5.56 Å². The van der Waals surface area contributed by atoms with Gasteiger partial charge in [0, 0.05) is 0 Å². The molecule has 1 heterocycles. The molecule has 2 N–H and O–H groups in total. The largest absolute Gasteiger partial charge is 0.489 e. The highest BCUT2D eigenvalue weighted by Gasteiger charge is 2.08. The Labute approximate surface area is 128 Å². The number of nitrogens with zero attached hydrogens (tertiary/aromatic N) is 1. The van der Waals surface area contributed by atoms with E-state index < -0.39 is 0 Å². The predicted octanol–water partition coefficient (Wildman–Crippen LogP) is 3.45. The highest BCUT2D eigenvalue weighted by atomic mass is 16.5. The number of aromatic amines is 1. The minimum atomic E-state index is -0.171. The summed E-state index contributed by atoms with van der Waals surface area (Å²) in [6, 6.07) is 14.8. The molecule has 0 radical (unpaired) electrons. The van der Waals surface area contributed by atoms with E-state index in [1.165, 1.54) is 0 Å². The Morgan fingerprint density at radius 3 is 2.64 bits per heavy atom. The van der Waals surface area contributed by atoms with Crippen molar-refractivity contribution in [3.63, 3.8) is 0 Å². The number of rotatable bonds is 4. The third-order valence-electron chi connectivity index (χ3n) is 3.12. The molecular formula is C17H17N3O2. The van der Waals surface area contributed by atoms with Crippen LogP contribution in [0.2, 0.25) is 0 Å². The first kappa shape index (κ1) is 14.1. The van der Waals surface area contributed by atoms with E-state index in [4.69, 9.17) is 4.74 Å². The van der Waals surface area contributed by atoms with Crippen molar-refractivity contribution in [2.45, 2.75) is 20.0 Å². The van der Waals surface area contributed by atoms with Crippen LogP contribution in [0.15, 0.2) is 53.3 Å². The van der Waals surface area contributed by atoms with Gasteiger partial charge in [-0.05, 0) is 38.1 Å². The maximum atomic E-state index is 12.1. The quantitative estimate of drug-likeness (QED) is 0.773. The van der Waals surface area contributed by atoms with Gasteiger partial charge in [0.15, 0.2) is 0 Å². The van der Waals surface area contributed by atoms with Crippen molar-refractivity contribution in [2.24, 2.45) is 0 Å². The molecule has 112 valence electrons. The number of hydrogen-bond donors (Lipinski definition) is 2. The van der Waals surface area contributed by atoms with Crippen molar-refractivity contribution in [1.29, 1.82) is 0 Å². The molecule has 0 atom stereocenters. The first-order chi connectivity index (χ1) is 10.6. The van der Waals surface area contributed by atoms with Gasteiger partial charge in [0.05, 0.1) is 22.7 Å². The fraction of sp³-hybridized carbons (Fsp3) is 0.176. The number of nitrogens with one attached hydrogen (secondary N) is 2. The Hall–Kier alpha value is -2.82. The Bertz CT molecular complexity index is 856. The van der Waals surface area contributed by atoms with Gasteiger partial charge in [-0.2, -0.15) is 0 Å². The van der Waals surface area contributed by atoms with Crippen LogP contribution in [0.1, 0.15) is 13.8 Å². The van der Waals surface area contributed by atoms with Gasteiger partial charge in [0.2, 0.25) is 5.95 Å². The molecule has 3 aromatic rings. The number of benzene rings is 2. The Kier molecular flexibility index (Phi) is 3.78. The highest BCUT2D eigenvalue weighted by molar-refractivity contribution is 5.79. The van der Waals surface area contributed by atoms with Gasteiger partial charge in [-0.1, -0.05) is 24.3 Å². The smallest absolute Gasteiger partial charge is 0.260 e. The maximum Gasteiger partial charge on any atom is 0.260 e. The van der Waals surface area contributed by atoms with Crippen LogP contribution in [-0.4, -0.2) is 16.1 Å². The predicted molar refractivity (Wildman–Crippen MR) is 87.9 cm³/mol. The Morgan fingerprint density at radius 1 is 1.09 bits per heavy atom. The van der Waals surface area contributed by atoms with Crippen molar-refractivity contribution < 1.29 is 4.74 Å². The highest BCUT2D eigenvalue weighted by Crippen LogP contribution is 2.27. The van der Waals surface area contributed by atoms with Crippen molar-refractivity contribution in [2.75, 3.05) is 5.32 Å². The lowest BCUT2D eigenvalue weighted by Crippen LogP contribution is -2.12. The SMILES string of the molecule is CC(C)Oc1ccccc1Nc1nc2ccccc2c(=O)[nH]1. The molecule has 0 unspecified atom stereocenters. The molecular weight excluding hydrogens is 278 g/mol. The number of H-pyrrole nitrogens is 1. The summed E-state index contributed by atoms with van der Waals surface area (Å²) in [5.41, 5.74) is 1.24. The zero-order chi connectivity index (χ0) is 15.5. The molecule has 0 fully saturated rings. The minimum Gasteiger partial charge on any atom is -0.489 e. The Morgan fingerprint density at radius 2 is 1.82 bits per heavy atom. The van der Waals surface area contributed by atoms with Crippen molar-refractivity contribution >= 4 is 22.5 Å². The van der Waals surface area contributed by atoms with Crippen LogP contribution >= 0.6 is 0 Å². The summed E-state index contributed by atoms with van der Waals surface area (Å²) in [6.07, 6.45) is 0.0616. The van der Waals surface area contributed by atoms with Gasteiger partial charge in [0.1, 0.15) is 5.75 Å². The standard InChI is InChI=1S/C17H17N3O2/c1-11(2)22-15-10-6-5-9-14(15)19-17-18-13-8-4-3-7-12(13)16(21)20-17/h3-11H,1-2H3,(H2,18,19,20,21). The molecule has 0 saturated carbocycles. The number of anilines is 2. The number of aromatic nitrogens is 2. The molecule has 2 aromatic carbocycles. The van der Waals surface area contributed by atoms with Crippen LogP contribution in [0.25, 0.3) is 10.9 Å². The molecule has 0 aliphatic carbocycles. The first-order valence-corrected chi connectivity index (χ1v) is 7.15. The lowest BCUT2D eigenvalue weighted by atomic mass is 10.2. The van der Waals surface area contributed by atoms with E-state index in [1.807, 2.05) is 56.3 Å². The molecule has 0 spiro atoms. The molecule has 0 aliphatic rings. The topological polar surface area (TPSA) is 67.0 Å². The van der Waals surface area contributed by atoms with Crippen LogP contribution < -0.4 is 15.6 Å². The van der Waals surface area contributed by atoms with Crippen LogP contribution in [-0.2, 0) is 0 Å². The van der Waals surface area contributed by atoms with E-state index in [0.29, 0.717) is 22.6 Å². The summed E-state index contributed by atoms with van der Waals surface area (Å²) in [5.74, 6) is 1.11. The van der Waals surface area contributed by atoms with E-state index in [0.717, 1.165) is 5.69 Å². The second kappa shape index (κ2) is 5.89. The lowest BCUT2D eigenvalue weighted by molar-refractivity contribution is 0.244. The second-order valence-electron chi connectivity index (χ2n) is 5.22. The van der Waals surface area contributed by atoms with Gasteiger partial charge in [-0.25, -0.2) is 4.98 Å². The molecule has 0 aliphatic heterocycles. The summed E-state index contributed by atoms with van der Waals surface area (Å²) in [5, 5.41) is 3.69. The molecule has 0 saturated heterocycles. The van der Waals surface area contributed by atoms with E-state index >= 15 is 0 Å². The molecule has 0 bridgehead atoms. The summed E-state index contributed by atoms with van der Waals surface area (Å²) >= 11 is 0. The molecule has 0 amide bonds. The normalized spacial score (nSPS) is 10.9. The summed E-state index contributed by atoms with van der Waals surface area (Å²) in [6.45, 7) is 3.93. The molecule has 5 nitrogen and oxygen atoms in total. The molecule has 3 rings (SSSR count). The monoisotopic (exact) mass is 295 g/mol. The number of para-hydroxylation sites is 3. The number of hydrogen-bond acceptors (Lipinski definition) is 4. The van der Waals surface area contributed by atoms with Gasteiger partial charge in [-0.3, -0.25) is 9.78 Å². The summed E-state index contributed by atoms with van der Waals surface area (Å²) in [4.78, 5) is 19.3. The van der Waals surface area contributed by atoms with Gasteiger partial charge in [-0.15, -0.1) is 0 Å². The van der Waals surface area contributed by atoms with Crippen LogP contribution in [0.5, 0.6) is 5.75 Å². The van der Waals surface area contributed by atoms with E-state index in [-0.39, 0.29) is 11.7 Å². The van der Waals surface area contributed by atoms with Crippen LogP contribution in [0.3, 0.4) is 0 Å².